The van der Waals surface area contributed by atoms with Gasteiger partial charge in [-0.1, -0.05) is 42.0 Å². The Labute approximate surface area is 102 Å². The van der Waals surface area contributed by atoms with Crippen LogP contribution in [0.25, 0.3) is 0 Å². The van der Waals surface area contributed by atoms with E-state index in [0.29, 0.717) is 11.8 Å². The molecule has 3 atom stereocenters. The first-order chi connectivity index (χ1) is 8.15. The smallest absolute Gasteiger partial charge is 0.309 e. The van der Waals surface area contributed by atoms with Crippen molar-refractivity contribution in [2.75, 3.05) is 7.11 Å². The lowest BCUT2D eigenvalue weighted by Gasteiger charge is -1.98. The van der Waals surface area contributed by atoms with Crippen LogP contribution in [0.1, 0.15) is 25.3 Å². The largest absolute Gasteiger partial charge is 0.469 e. The SMILES string of the molecule is COC(=O)[C@H]1C(c2ccccc2)[C@@H]1C=C(C)C. The van der Waals surface area contributed by atoms with E-state index in [1.807, 2.05) is 18.2 Å². The molecule has 0 saturated heterocycles. The molecule has 0 N–H and O–H groups in total. The average molecular weight is 230 g/mol. The zero-order valence-electron chi connectivity index (χ0n) is 10.5. The molecule has 2 heteroatoms. The van der Waals surface area contributed by atoms with Crippen LogP contribution in [0.2, 0.25) is 0 Å². The molecule has 90 valence electrons. The first-order valence-corrected chi connectivity index (χ1v) is 5.93. The Morgan fingerprint density at radius 3 is 2.41 bits per heavy atom. The van der Waals surface area contributed by atoms with Crippen molar-refractivity contribution in [1.29, 1.82) is 0 Å². The summed E-state index contributed by atoms with van der Waals surface area (Å²) in [5, 5.41) is 0. The van der Waals surface area contributed by atoms with Crippen LogP contribution in [-0.2, 0) is 9.53 Å². The second-order valence-corrected chi connectivity index (χ2v) is 4.81. The maximum atomic E-state index is 11.7. The summed E-state index contributed by atoms with van der Waals surface area (Å²) in [7, 11) is 1.46. The van der Waals surface area contributed by atoms with Crippen molar-refractivity contribution in [3.63, 3.8) is 0 Å². The predicted octanol–water partition coefficient (Wildman–Crippen LogP) is 3.16. The van der Waals surface area contributed by atoms with E-state index in [9.17, 15) is 4.79 Å². The van der Waals surface area contributed by atoms with Gasteiger partial charge in [0.15, 0.2) is 0 Å². The van der Waals surface area contributed by atoms with Crippen LogP contribution in [0.5, 0.6) is 0 Å². The van der Waals surface area contributed by atoms with E-state index in [2.05, 4.69) is 32.1 Å². The number of hydrogen-bond acceptors (Lipinski definition) is 2. The summed E-state index contributed by atoms with van der Waals surface area (Å²) < 4.78 is 4.87. The van der Waals surface area contributed by atoms with Crippen LogP contribution >= 0.6 is 0 Å². The van der Waals surface area contributed by atoms with Gasteiger partial charge in [0.25, 0.3) is 0 Å². The maximum absolute atomic E-state index is 11.7. The highest BCUT2D eigenvalue weighted by Crippen LogP contribution is 2.55. The summed E-state index contributed by atoms with van der Waals surface area (Å²) in [5.41, 5.74) is 2.48. The van der Waals surface area contributed by atoms with Gasteiger partial charge in [-0.3, -0.25) is 4.79 Å². The molecule has 1 aromatic carbocycles. The van der Waals surface area contributed by atoms with Gasteiger partial charge in [-0.05, 0) is 25.3 Å². The van der Waals surface area contributed by atoms with Crippen molar-refractivity contribution >= 4 is 5.97 Å². The molecule has 0 aliphatic heterocycles. The second kappa shape index (κ2) is 4.74. The molecular weight excluding hydrogens is 212 g/mol. The molecule has 1 saturated carbocycles. The molecule has 0 spiro atoms. The van der Waals surface area contributed by atoms with Crippen LogP contribution < -0.4 is 0 Å². The zero-order valence-corrected chi connectivity index (χ0v) is 10.5. The fraction of sp³-hybridized carbons (Fsp3) is 0.400. The lowest BCUT2D eigenvalue weighted by Crippen LogP contribution is -2.04. The summed E-state index contributed by atoms with van der Waals surface area (Å²) in [4.78, 5) is 11.7. The molecule has 0 bridgehead atoms. The number of allylic oxidation sites excluding steroid dienone is 2. The highest BCUT2D eigenvalue weighted by molar-refractivity contribution is 5.79. The Kier molecular flexibility index (Phi) is 3.32. The molecule has 1 fully saturated rings. The van der Waals surface area contributed by atoms with Gasteiger partial charge in [-0.2, -0.15) is 0 Å². The number of ether oxygens (including phenoxy) is 1. The Morgan fingerprint density at radius 2 is 1.88 bits per heavy atom. The van der Waals surface area contributed by atoms with Crippen molar-refractivity contribution in [3.8, 4) is 0 Å². The van der Waals surface area contributed by atoms with Crippen molar-refractivity contribution in [3.05, 3.63) is 47.5 Å². The summed E-state index contributed by atoms with van der Waals surface area (Å²) in [6.07, 6.45) is 2.18. The van der Waals surface area contributed by atoms with Crippen LogP contribution in [0.15, 0.2) is 42.0 Å². The van der Waals surface area contributed by atoms with Gasteiger partial charge >= 0.3 is 5.97 Å². The zero-order chi connectivity index (χ0) is 12.4. The molecule has 1 aliphatic rings. The maximum Gasteiger partial charge on any atom is 0.309 e. The van der Waals surface area contributed by atoms with Crippen molar-refractivity contribution < 1.29 is 9.53 Å². The van der Waals surface area contributed by atoms with E-state index >= 15 is 0 Å². The van der Waals surface area contributed by atoms with Gasteiger partial charge < -0.3 is 4.74 Å². The van der Waals surface area contributed by atoms with Crippen LogP contribution in [0.4, 0.5) is 0 Å². The monoisotopic (exact) mass is 230 g/mol. The number of benzene rings is 1. The van der Waals surface area contributed by atoms with Gasteiger partial charge in [-0.25, -0.2) is 0 Å². The molecular formula is C15H18O2. The minimum absolute atomic E-state index is 0.00250. The Bertz CT molecular complexity index is 429. The number of hydrogen-bond donors (Lipinski definition) is 0. The fourth-order valence-electron chi connectivity index (χ4n) is 2.47. The van der Waals surface area contributed by atoms with Crippen molar-refractivity contribution in [2.24, 2.45) is 11.8 Å². The van der Waals surface area contributed by atoms with Gasteiger partial charge in [0.1, 0.15) is 0 Å². The van der Waals surface area contributed by atoms with E-state index < -0.39 is 0 Å². The van der Waals surface area contributed by atoms with Crippen LogP contribution in [0.3, 0.4) is 0 Å². The Hall–Kier alpha value is -1.57. The Balaban J connectivity index is 2.22. The number of esters is 1. The summed E-state index contributed by atoms with van der Waals surface area (Å²) >= 11 is 0. The lowest BCUT2D eigenvalue weighted by molar-refractivity contribution is -0.142. The molecule has 0 heterocycles. The molecule has 2 nitrogen and oxygen atoms in total. The topological polar surface area (TPSA) is 26.3 Å². The molecule has 0 radical (unpaired) electrons. The van der Waals surface area contributed by atoms with Gasteiger partial charge in [0, 0.05) is 5.92 Å². The highest BCUT2D eigenvalue weighted by atomic mass is 16.5. The lowest BCUT2D eigenvalue weighted by atomic mass is 10.1. The number of methoxy groups -OCH3 is 1. The normalized spacial score (nSPS) is 26.2. The Morgan fingerprint density at radius 1 is 1.24 bits per heavy atom. The number of carbonyl (C=O) groups is 1. The molecule has 17 heavy (non-hydrogen) atoms. The minimum Gasteiger partial charge on any atom is -0.469 e. The summed E-state index contributed by atoms with van der Waals surface area (Å²) in [6.45, 7) is 4.13. The van der Waals surface area contributed by atoms with Gasteiger partial charge in [0.05, 0.1) is 13.0 Å². The van der Waals surface area contributed by atoms with E-state index in [0.717, 1.165) is 0 Å². The van der Waals surface area contributed by atoms with E-state index in [4.69, 9.17) is 4.74 Å². The average Bonchev–Trinajstić information content (AvgIpc) is 3.02. The third kappa shape index (κ3) is 2.41. The van der Waals surface area contributed by atoms with Crippen molar-refractivity contribution in [2.45, 2.75) is 19.8 Å². The molecule has 2 rings (SSSR count). The summed E-state index contributed by atoms with van der Waals surface area (Å²) in [5.74, 6) is 0.493. The highest BCUT2D eigenvalue weighted by Gasteiger charge is 2.54. The molecule has 1 aromatic rings. The first-order valence-electron chi connectivity index (χ1n) is 5.93. The predicted molar refractivity (Wildman–Crippen MR) is 67.6 cm³/mol. The molecule has 0 amide bonds. The number of carbonyl (C=O) groups excluding carboxylic acids is 1. The van der Waals surface area contributed by atoms with Gasteiger partial charge in [-0.15, -0.1) is 0 Å². The number of rotatable bonds is 3. The van der Waals surface area contributed by atoms with Crippen molar-refractivity contribution in [1.82, 2.24) is 0 Å². The van der Waals surface area contributed by atoms with E-state index in [1.165, 1.54) is 18.2 Å². The minimum atomic E-state index is -0.0960. The standard InChI is InChI=1S/C15H18O2/c1-10(2)9-12-13(14(12)15(16)17-3)11-7-5-4-6-8-11/h4-9,12-14H,1-3H3/t12-,13?,14+/m0/s1. The molecule has 1 unspecified atom stereocenters. The van der Waals surface area contributed by atoms with E-state index in [1.54, 1.807) is 0 Å². The quantitative estimate of drug-likeness (QED) is 0.589. The second-order valence-electron chi connectivity index (χ2n) is 4.81. The van der Waals surface area contributed by atoms with E-state index in [-0.39, 0.29) is 11.9 Å². The van der Waals surface area contributed by atoms with Crippen LogP contribution in [0, 0.1) is 11.8 Å². The van der Waals surface area contributed by atoms with Crippen LogP contribution in [-0.4, -0.2) is 13.1 Å². The third-order valence-electron chi connectivity index (χ3n) is 3.26. The molecule has 0 aromatic heterocycles. The third-order valence-corrected chi connectivity index (χ3v) is 3.26. The molecule has 1 aliphatic carbocycles. The fourth-order valence-corrected chi connectivity index (χ4v) is 2.47. The first kappa shape index (κ1) is 11.9. The summed E-state index contributed by atoms with van der Waals surface area (Å²) in [6, 6.07) is 10.2. The van der Waals surface area contributed by atoms with Gasteiger partial charge in [0.2, 0.25) is 0 Å².